The van der Waals surface area contributed by atoms with Crippen LogP contribution in [0.15, 0.2) is 24.3 Å². The summed E-state index contributed by atoms with van der Waals surface area (Å²) >= 11 is 0. The molecule has 0 unspecified atom stereocenters. The molecule has 31 heavy (non-hydrogen) atoms. The zero-order valence-electron chi connectivity index (χ0n) is 18.8. The van der Waals surface area contributed by atoms with Gasteiger partial charge in [0, 0.05) is 25.6 Å². The van der Waals surface area contributed by atoms with E-state index in [0.29, 0.717) is 17.7 Å². The van der Waals surface area contributed by atoms with E-state index in [1.165, 1.54) is 38.5 Å². The number of carbonyl (C=O) groups is 2. The lowest BCUT2D eigenvalue weighted by Gasteiger charge is -2.57. The number of hydrogen-bond donors (Lipinski definition) is 1. The number of nitrogens with zero attached hydrogens (tertiary/aromatic N) is 1. The molecule has 2 amide bonds. The zero-order valence-corrected chi connectivity index (χ0v) is 18.8. The maximum Gasteiger partial charge on any atom is 0.224 e. The Morgan fingerprint density at radius 1 is 1.00 bits per heavy atom. The molecular weight excluding hydrogens is 388 g/mol. The third-order valence-corrected chi connectivity index (χ3v) is 8.43. The summed E-state index contributed by atoms with van der Waals surface area (Å²) < 4.78 is 5.17. The van der Waals surface area contributed by atoms with E-state index in [1.807, 2.05) is 24.3 Å². The van der Waals surface area contributed by atoms with E-state index in [9.17, 15) is 9.59 Å². The van der Waals surface area contributed by atoms with Crippen molar-refractivity contribution in [3.05, 3.63) is 29.8 Å². The first kappa shape index (κ1) is 20.8. The number of carbonyl (C=O) groups excluding carboxylic acids is 2. The van der Waals surface area contributed by atoms with Crippen LogP contribution < -0.4 is 10.1 Å². The van der Waals surface area contributed by atoms with Crippen molar-refractivity contribution < 1.29 is 14.3 Å². The zero-order chi connectivity index (χ0) is 21.4. The Hall–Kier alpha value is -2.04. The van der Waals surface area contributed by atoms with Crippen molar-refractivity contribution in [1.29, 1.82) is 0 Å². The van der Waals surface area contributed by atoms with Gasteiger partial charge in [-0.25, -0.2) is 0 Å². The van der Waals surface area contributed by atoms with Crippen LogP contribution in [0.5, 0.6) is 5.75 Å². The number of benzene rings is 1. The van der Waals surface area contributed by atoms with E-state index in [1.54, 1.807) is 7.11 Å². The first-order valence-electron chi connectivity index (χ1n) is 12.2. The minimum Gasteiger partial charge on any atom is -0.497 e. The molecule has 168 valence electrons. The van der Waals surface area contributed by atoms with Gasteiger partial charge in [0.25, 0.3) is 0 Å². The minimum atomic E-state index is 0.0588. The van der Waals surface area contributed by atoms with Gasteiger partial charge in [-0.05, 0) is 92.2 Å². The van der Waals surface area contributed by atoms with Crippen LogP contribution in [0, 0.1) is 23.2 Å². The van der Waals surface area contributed by atoms with Crippen molar-refractivity contribution in [3.8, 4) is 5.75 Å². The lowest BCUT2D eigenvalue weighted by Crippen LogP contribution is -2.50. The summed E-state index contributed by atoms with van der Waals surface area (Å²) in [6, 6.07) is 7.82. The van der Waals surface area contributed by atoms with E-state index < -0.39 is 0 Å². The Bertz CT molecular complexity index is 775. The van der Waals surface area contributed by atoms with Gasteiger partial charge in [-0.2, -0.15) is 0 Å². The van der Waals surface area contributed by atoms with Crippen LogP contribution in [0.3, 0.4) is 0 Å². The van der Waals surface area contributed by atoms with E-state index in [0.717, 1.165) is 61.4 Å². The minimum absolute atomic E-state index is 0.0588. The molecule has 0 aromatic heterocycles. The monoisotopic (exact) mass is 424 g/mol. The van der Waals surface area contributed by atoms with Crippen molar-refractivity contribution in [2.75, 3.05) is 20.2 Å². The second-order valence-electron chi connectivity index (χ2n) is 10.8. The summed E-state index contributed by atoms with van der Waals surface area (Å²) in [5.41, 5.74) is 1.30. The average Bonchev–Trinajstić information content (AvgIpc) is 2.73. The molecule has 1 aromatic carbocycles. The van der Waals surface area contributed by atoms with E-state index >= 15 is 0 Å². The highest BCUT2D eigenvalue weighted by molar-refractivity contribution is 5.79. The molecule has 0 spiro atoms. The van der Waals surface area contributed by atoms with Crippen molar-refractivity contribution in [2.45, 2.75) is 70.3 Å². The fourth-order valence-electron chi connectivity index (χ4n) is 7.42. The third-order valence-electron chi connectivity index (χ3n) is 8.43. The van der Waals surface area contributed by atoms with Crippen LogP contribution >= 0.6 is 0 Å². The van der Waals surface area contributed by atoms with Crippen molar-refractivity contribution in [1.82, 2.24) is 10.2 Å². The highest BCUT2D eigenvalue weighted by Gasteiger charge is 2.51. The number of amides is 2. The summed E-state index contributed by atoms with van der Waals surface area (Å²) in [6.07, 6.45) is 11.0. The first-order chi connectivity index (χ1) is 15.0. The Labute approximate surface area is 185 Å². The van der Waals surface area contributed by atoms with Gasteiger partial charge in [0.05, 0.1) is 13.5 Å². The molecule has 1 N–H and O–H groups in total. The lowest BCUT2D eigenvalue weighted by molar-refractivity contribution is -0.140. The number of piperidine rings is 1. The average molecular weight is 425 g/mol. The Morgan fingerprint density at radius 2 is 1.58 bits per heavy atom. The molecule has 4 saturated carbocycles. The predicted molar refractivity (Wildman–Crippen MR) is 120 cm³/mol. The van der Waals surface area contributed by atoms with Crippen LogP contribution in [0.1, 0.15) is 63.4 Å². The number of ether oxygens (including phenoxy) is 1. The Kier molecular flexibility index (Phi) is 5.70. The first-order valence-corrected chi connectivity index (χ1v) is 12.2. The van der Waals surface area contributed by atoms with Crippen molar-refractivity contribution >= 4 is 11.8 Å². The van der Waals surface area contributed by atoms with Gasteiger partial charge in [-0.15, -0.1) is 0 Å². The van der Waals surface area contributed by atoms with Crippen LogP contribution in [0.4, 0.5) is 0 Å². The topological polar surface area (TPSA) is 58.6 Å². The quantitative estimate of drug-likeness (QED) is 0.752. The van der Waals surface area contributed by atoms with Crippen LogP contribution in [0.2, 0.25) is 0 Å². The molecule has 5 heteroatoms. The summed E-state index contributed by atoms with van der Waals surface area (Å²) in [6.45, 7) is 1.55. The molecule has 4 bridgehead atoms. The summed E-state index contributed by atoms with van der Waals surface area (Å²) in [4.78, 5) is 27.7. The van der Waals surface area contributed by atoms with Crippen LogP contribution in [-0.2, 0) is 16.0 Å². The van der Waals surface area contributed by atoms with Crippen molar-refractivity contribution in [2.24, 2.45) is 23.2 Å². The Balaban J connectivity index is 1.08. The second-order valence-corrected chi connectivity index (χ2v) is 10.8. The predicted octanol–water partition coefficient (Wildman–Crippen LogP) is 3.95. The molecule has 4 aliphatic carbocycles. The van der Waals surface area contributed by atoms with Crippen LogP contribution in [0.25, 0.3) is 0 Å². The fraction of sp³-hybridized carbons (Fsp3) is 0.692. The fourth-order valence-corrected chi connectivity index (χ4v) is 7.42. The largest absolute Gasteiger partial charge is 0.497 e. The molecule has 1 saturated heterocycles. The Morgan fingerprint density at radius 3 is 2.13 bits per heavy atom. The molecule has 6 rings (SSSR count). The SMILES string of the molecule is COc1ccc(CC(=O)NC2CCN(C(=O)CC34CC5CC(CC(C5)C3)C4)CC2)cc1. The molecular formula is C26H36N2O3. The summed E-state index contributed by atoms with van der Waals surface area (Å²) in [5, 5.41) is 3.17. The van der Waals surface area contributed by atoms with Gasteiger partial charge in [0.1, 0.15) is 5.75 Å². The maximum absolute atomic E-state index is 13.1. The van der Waals surface area contributed by atoms with Gasteiger partial charge in [0.2, 0.25) is 11.8 Å². The van der Waals surface area contributed by atoms with Gasteiger partial charge in [0.15, 0.2) is 0 Å². The summed E-state index contributed by atoms with van der Waals surface area (Å²) in [7, 11) is 1.64. The lowest BCUT2D eigenvalue weighted by atomic mass is 9.49. The standard InChI is InChI=1S/C26H36N2O3/c1-31-23-4-2-18(3-5-23)13-24(29)27-22-6-8-28(9-7-22)25(30)17-26-14-19-10-20(15-26)12-21(11-19)16-26/h2-5,19-22H,6-17H2,1H3,(H,27,29). The van der Waals surface area contributed by atoms with Gasteiger partial charge >= 0.3 is 0 Å². The summed E-state index contributed by atoms with van der Waals surface area (Å²) in [5.74, 6) is 3.91. The molecule has 5 nitrogen and oxygen atoms in total. The smallest absolute Gasteiger partial charge is 0.224 e. The molecule has 0 radical (unpaired) electrons. The number of hydrogen-bond acceptors (Lipinski definition) is 3. The normalized spacial score (nSPS) is 32.2. The van der Waals surface area contributed by atoms with Crippen molar-refractivity contribution in [3.63, 3.8) is 0 Å². The number of likely N-dealkylation sites (tertiary alicyclic amines) is 1. The molecule has 0 atom stereocenters. The van der Waals surface area contributed by atoms with Gasteiger partial charge < -0.3 is 15.0 Å². The molecule has 5 aliphatic rings. The number of methoxy groups -OCH3 is 1. The van der Waals surface area contributed by atoms with Crippen LogP contribution in [-0.4, -0.2) is 43.0 Å². The number of nitrogens with one attached hydrogen (secondary N) is 1. The van der Waals surface area contributed by atoms with E-state index in [-0.39, 0.29) is 11.9 Å². The highest BCUT2D eigenvalue weighted by atomic mass is 16.5. The van der Waals surface area contributed by atoms with E-state index in [4.69, 9.17) is 4.74 Å². The third kappa shape index (κ3) is 4.61. The van der Waals surface area contributed by atoms with Gasteiger partial charge in [-0.3, -0.25) is 9.59 Å². The maximum atomic E-state index is 13.1. The molecule has 1 heterocycles. The van der Waals surface area contributed by atoms with Gasteiger partial charge in [-0.1, -0.05) is 12.1 Å². The second kappa shape index (κ2) is 8.48. The molecule has 5 fully saturated rings. The van der Waals surface area contributed by atoms with E-state index in [2.05, 4.69) is 10.2 Å². The molecule has 1 aliphatic heterocycles. The molecule has 1 aromatic rings. The number of rotatable bonds is 6. The highest BCUT2D eigenvalue weighted by Crippen LogP contribution is 2.61.